The highest BCUT2D eigenvalue weighted by atomic mass is 16.5. The number of carbonyl (C=O) groups is 1. The molecule has 0 aliphatic carbocycles. The van der Waals surface area contributed by atoms with E-state index in [0.29, 0.717) is 29.1 Å². The lowest BCUT2D eigenvalue weighted by molar-refractivity contribution is 0.102. The maximum Gasteiger partial charge on any atom is 0.282 e. The number of amides is 1. The average Bonchev–Trinajstić information content (AvgIpc) is 2.60. The standard InChI is InChI=1S/C18H17N3O3/c1-3-24-15-11-7-5-9-13(15)20-17(22)16-18(23)21(2)14-10-6-4-8-12(14)19-16/h4-11H,3H2,1-2H3,(H,20,22). The molecule has 0 bridgehead atoms. The third kappa shape index (κ3) is 2.86. The number of carbonyl (C=O) groups excluding carboxylic acids is 1. The molecule has 1 aromatic heterocycles. The molecule has 1 N–H and O–H groups in total. The largest absolute Gasteiger partial charge is 0.492 e. The number of benzene rings is 2. The third-order valence-corrected chi connectivity index (χ3v) is 3.63. The number of hydrogen-bond donors (Lipinski definition) is 1. The van der Waals surface area contributed by atoms with Crippen LogP contribution in [0.5, 0.6) is 5.75 Å². The number of aryl methyl sites for hydroxylation is 1. The molecule has 6 heteroatoms. The summed E-state index contributed by atoms with van der Waals surface area (Å²) >= 11 is 0. The quantitative estimate of drug-likeness (QED) is 0.801. The Kier molecular flexibility index (Phi) is 4.29. The van der Waals surface area contributed by atoms with E-state index in [1.807, 2.05) is 25.1 Å². The van der Waals surface area contributed by atoms with Gasteiger partial charge in [0.2, 0.25) is 0 Å². The van der Waals surface area contributed by atoms with Crippen LogP contribution in [0.15, 0.2) is 53.3 Å². The summed E-state index contributed by atoms with van der Waals surface area (Å²) in [6.07, 6.45) is 0. The van der Waals surface area contributed by atoms with Gasteiger partial charge < -0.3 is 14.6 Å². The predicted molar refractivity (Wildman–Crippen MR) is 92.5 cm³/mol. The Labute approximate surface area is 138 Å². The van der Waals surface area contributed by atoms with Crippen molar-refractivity contribution >= 4 is 22.6 Å². The number of aromatic nitrogens is 2. The molecule has 0 atom stereocenters. The van der Waals surface area contributed by atoms with Crippen LogP contribution in [0.1, 0.15) is 17.4 Å². The van der Waals surface area contributed by atoms with E-state index >= 15 is 0 Å². The van der Waals surface area contributed by atoms with E-state index in [2.05, 4.69) is 10.3 Å². The van der Waals surface area contributed by atoms with Crippen LogP contribution in [0.25, 0.3) is 11.0 Å². The SMILES string of the molecule is CCOc1ccccc1NC(=O)c1nc2ccccc2n(C)c1=O. The fraction of sp³-hybridized carbons (Fsp3) is 0.167. The molecule has 1 amide bonds. The second-order valence-electron chi connectivity index (χ2n) is 5.20. The molecule has 6 nitrogen and oxygen atoms in total. The summed E-state index contributed by atoms with van der Waals surface area (Å²) in [4.78, 5) is 29.2. The molecule has 0 saturated heterocycles. The normalized spacial score (nSPS) is 10.6. The van der Waals surface area contributed by atoms with Crippen molar-refractivity contribution in [2.45, 2.75) is 6.92 Å². The van der Waals surface area contributed by atoms with Gasteiger partial charge in [0.1, 0.15) is 5.75 Å². The number of hydrogen-bond acceptors (Lipinski definition) is 4. The van der Waals surface area contributed by atoms with E-state index in [0.717, 1.165) is 0 Å². The highest BCUT2D eigenvalue weighted by molar-refractivity contribution is 6.04. The van der Waals surface area contributed by atoms with Crippen LogP contribution >= 0.6 is 0 Å². The number of anilines is 1. The lowest BCUT2D eigenvalue weighted by Gasteiger charge is -2.11. The van der Waals surface area contributed by atoms with Crippen molar-refractivity contribution in [1.29, 1.82) is 0 Å². The van der Waals surface area contributed by atoms with Crippen LogP contribution in [0, 0.1) is 0 Å². The summed E-state index contributed by atoms with van der Waals surface area (Å²) in [7, 11) is 1.62. The Hall–Kier alpha value is -3.15. The van der Waals surface area contributed by atoms with Gasteiger partial charge in [-0.3, -0.25) is 9.59 Å². The van der Waals surface area contributed by atoms with E-state index in [1.165, 1.54) is 4.57 Å². The zero-order valence-electron chi connectivity index (χ0n) is 13.4. The molecule has 24 heavy (non-hydrogen) atoms. The summed E-state index contributed by atoms with van der Waals surface area (Å²) in [6, 6.07) is 14.3. The van der Waals surface area contributed by atoms with E-state index < -0.39 is 11.5 Å². The smallest absolute Gasteiger partial charge is 0.282 e. The minimum atomic E-state index is -0.562. The van der Waals surface area contributed by atoms with Gasteiger partial charge in [0.15, 0.2) is 5.69 Å². The lowest BCUT2D eigenvalue weighted by Crippen LogP contribution is -2.29. The molecule has 0 radical (unpaired) electrons. The minimum absolute atomic E-state index is 0.150. The van der Waals surface area contributed by atoms with Gasteiger partial charge in [0, 0.05) is 7.05 Å². The van der Waals surface area contributed by atoms with Crippen molar-refractivity contribution in [3.8, 4) is 5.75 Å². The number of para-hydroxylation sites is 4. The third-order valence-electron chi connectivity index (χ3n) is 3.63. The van der Waals surface area contributed by atoms with Crippen molar-refractivity contribution in [3.05, 3.63) is 64.6 Å². The second kappa shape index (κ2) is 6.54. The molecule has 0 unspecified atom stereocenters. The Morgan fingerprint density at radius 2 is 1.88 bits per heavy atom. The van der Waals surface area contributed by atoms with Gasteiger partial charge in [0.25, 0.3) is 11.5 Å². The van der Waals surface area contributed by atoms with Crippen LogP contribution in [-0.4, -0.2) is 22.1 Å². The Morgan fingerprint density at radius 1 is 1.17 bits per heavy atom. The highest BCUT2D eigenvalue weighted by Crippen LogP contribution is 2.24. The molecule has 0 spiro atoms. The van der Waals surface area contributed by atoms with Gasteiger partial charge >= 0.3 is 0 Å². The highest BCUT2D eigenvalue weighted by Gasteiger charge is 2.17. The lowest BCUT2D eigenvalue weighted by atomic mass is 10.2. The summed E-state index contributed by atoms with van der Waals surface area (Å²) in [5.74, 6) is -0.0144. The maximum atomic E-state index is 12.5. The van der Waals surface area contributed by atoms with Crippen LogP contribution < -0.4 is 15.6 Å². The Balaban J connectivity index is 2.01. The van der Waals surface area contributed by atoms with Gasteiger partial charge in [-0.1, -0.05) is 24.3 Å². The van der Waals surface area contributed by atoms with Gasteiger partial charge in [0.05, 0.1) is 23.3 Å². The molecule has 2 aromatic carbocycles. The zero-order valence-corrected chi connectivity index (χ0v) is 13.4. The van der Waals surface area contributed by atoms with E-state index in [9.17, 15) is 9.59 Å². The fourth-order valence-corrected chi connectivity index (χ4v) is 2.46. The number of nitrogens with one attached hydrogen (secondary N) is 1. The fourth-order valence-electron chi connectivity index (χ4n) is 2.46. The predicted octanol–water partition coefficient (Wildman–Crippen LogP) is 2.58. The molecule has 122 valence electrons. The molecule has 0 fully saturated rings. The molecule has 3 aromatic rings. The van der Waals surface area contributed by atoms with Crippen molar-refractivity contribution in [1.82, 2.24) is 9.55 Å². The van der Waals surface area contributed by atoms with Crippen molar-refractivity contribution in [2.24, 2.45) is 7.05 Å². The van der Waals surface area contributed by atoms with Crippen LogP contribution in [0.4, 0.5) is 5.69 Å². The first-order chi connectivity index (χ1) is 11.6. The monoisotopic (exact) mass is 323 g/mol. The van der Waals surface area contributed by atoms with E-state index in [-0.39, 0.29) is 5.69 Å². The van der Waals surface area contributed by atoms with Crippen LogP contribution in [0.2, 0.25) is 0 Å². The molecule has 3 rings (SSSR count). The number of fused-ring (bicyclic) bond motifs is 1. The topological polar surface area (TPSA) is 73.2 Å². The van der Waals surface area contributed by atoms with Crippen LogP contribution in [-0.2, 0) is 7.05 Å². The van der Waals surface area contributed by atoms with Crippen LogP contribution in [0.3, 0.4) is 0 Å². The first-order valence-corrected chi connectivity index (χ1v) is 7.60. The average molecular weight is 323 g/mol. The summed E-state index contributed by atoms with van der Waals surface area (Å²) in [5, 5.41) is 2.70. The summed E-state index contributed by atoms with van der Waals surface area (Å²) in [6.45, 7) is 2.34. The number of ether oxygens (including phenoxy) is 1. The maximum absolute atomic E-state index is 12.5. The molecule has 0 aliphatic rings. The minimum Gasteiger partial charge on any atom is -0.492 e. The van der Waals surface area contributed by atoms with E-state index in [4.69, 9.17) is 4.74 Å². The number of nitrogens with zero attached hydrogens (tertiary/aromatic N) is 2. The number of rotatable bonds is 4. The second-order valence-corrected chi connectivity index (χ2v) is 5.20. The summed E-state index contributed by atoms with van der Waals surface area (Å²) in [5.41, 5.74) is 1.17. The van der Waals surface area contributed by atoms with Gasteiger partial charge in [-0.05, 0) is 31.2 Å². The van der Waals surface area contributed by atoms with E-state index in [1.54, 1.807) is 37.4 Å². The van der Waals surface area contributed by atoms with Gasteiger partial charge in [-0.2, -0.15) is 0 Å². The van der Waals surface area contributed by atoms with Gasteiger partial charge in [-0.15, -0.1) is 0 Å². The van der Waals surface area contributed by atoms with Gasteiger partial charge in [-0.25, -0.2) is 4.98 Å². The molecule has 0 aliphatic heterocycles. The molecular formula is C18H17N3O3. The molecule has 1 heterocycles. The van der Waals surface area contributed by atoms with Crippen molar-refractivity contribution in [2.75, 3.05) is 11.9 Å². The first-order valence-electron chi connectivity index (χ1n) is 7.60. The molecule has 0 saturated carbocycles. The van der Waals surface area contributed by atoms with Crippen molar-refractivity contribution < 1.29 is 9.53 Å². The Bertz CT molecular complexity index is 963. The van der Waals surface area contributed by atoms with Crippen molar-refractivity contribution in [3.63, 3.8) is 0 Å². The zero-order chi connectivity index (χ0) is 17.1. The first kappa shape index (κ1) is 15.7. The molecular weight excluding hydrogens is 306 g/mol. The summed E-state index contributed by atoms with van der Waals surface area (Å²) < 4.78 is 6.90. The Morgan fingerprint density at radius 3 is 2.67 bits per heavy atom.